The molecular weight excluding hydrogens is 453 g/mol. The third kappa shape index (κ3) is 6.35. The van der Waals surface area contributed by atoms with Gasteiger partial charge in [-0.05, 0) is 44.2 Å². The molecule has 8 nitrogen and oxygen atoms in total. The van der Waals surface area contributed by atoms with Gasteiger partial charge in [0.15, 0.2) is 0 Å². The second kappa shape index (κ2) is 11.3. The summed E-state index contributed by atoms with van der Waals surface area (Å²) in [4.78, 5) is 33.6. The van der Waals surface area contributed by atoms with Gasteiger partial charge in [-0.1, -0.05) is 18.8 Å². The first-order valence-electron chi connectivity index (χ1n) is 11.4. The molecule has 0 radical (unpaired) electrons. The van der Waals surface area contributed by atoms with Gasteiger partial charge in [0.1, 0.15) is 23.6 Å². The van der Waals surface area contributed by atoms with Crippen LogP contribution in [0.3, 0.4) is 0 Å². The van der Waals surface area contributed by atoms with Gasteiger partial charge in [0.05, 0.1) is 19.2 Å². The number of hydrogen-bond acceptors (Lipinski definition) is 6. The highest BCUT2D eigenvalue weighted by molar-refractivity contribution is 5.97. The minimum absolute atomic E-state index is 0.104. The van der Waals surface area contributed by atoms with Crippen molar-refractivity contribution >= 4 is 11.8 Å². The molecule has 2 aromatic rings. The molecule has 9 heteroatoms. The number of benzene rings is 1. The molecule has 35 heavy (non-hydrogen) atoms. The Labute approximate surface area is 204 Å². The number of halogens is 1. The van der Waals surface area contributed by atoms with Crippen LogP contribution in [0.15, 0.2) is 36.5 Å². The van der Waals surface area contributed by atoms with Crippen molar-refractivity contribution in [3.05, 3.63) is 59.0 Å². The zero-order chi connectivity index (χ0) is 25.7. The van der Waals surface area contributed by atoms with Gasteiger partial charge in [-0.25, -0.2) is 9.37 Å². The van der Waals surface area contributed by atoms with E-state index >= 15 is 0 Å². The Hall–Kier alpha value is -3.48. The van der Waals surface area contributed by atoms with E-state index in [1.165, 1.54) is 42.3 Å². The molecule has 1 aliphatic heterocycles. The molecule has 4 atom stereocenters. The first-order chi connectivity index (χ1) is 16.6. The lowest BCUT2D eigenvalue weighted by Gasteiger charge is -2.37. The Morgan fingerprint density at radius 1 is 1.34 bits per heavy atom. The highest BCUT2D eigenvalue weighted by Crippen LogP contribution is 2.27. The second-order valence-electron chi connectivity index (χ2n) is 8.84. The maximum Gasteiger partial charge on any atom is 0.259 e. The van der Waals surface area contributed by atoms with Crippen molar-refractivity contribution in [1.82, 2.24) is 14.8 Å². The van der Waals surface area contributed by atoms with Gasteiger partial charge in [0.2, 0.25) is 5.88 Å². The van der Waals surface area contributed by atoms with Gasteiger partial charge >= 0.3 is 0 Å². The maximum atomic E-state index is 13.4. The fourth-order valence-corrected chi connectivity index (χ4v) is 3.74. The molecule has 2 heterocycles. The van der Waals surface area contributed by atoms with E-state index in [4.69, 9.17) is 4.74 Å². The molecule has 1 aromatic carbocycles. The van der Waals surface area contributed by atoms with E-state index in [0.29, 0.717) is 11.1 Å². The number of likely N-dealkylation sites (N-methyl/N-ethyl adjacent to an activating group) is 1. The third-order valence-electron chi connectivity index (χ3n) is 5.84. The number of carbonyl (C=O) groups is 2. The van der Waals surface area contributed by atoms with E-state index in [-0.39, 0.29) is 48.9 Å². The molecule has 2 N–H and O–H groups in total. The van der Waals surface area contributed by atoms with E-state index < -0.39 is 24.1 Å². The molecule has 2 amide bonds. The van der Waals surface area contributed by atoms with Crippen LogP contribution in [0.4, 0.5) is 4.39 Å². The number of nitrogens with zero attached hydrogens (tertiary/aromatic N) is 3. The van der Waals surface area contributed by atoms with E-state index in [0.717, 1.165) is 0 Å². The summed E-state index contributed by atoms with van der Waals surface area (Å²) >= 11 is 0. The van der Waals surface area contributed by atoms with Crippen molar-refractivity contribution in [3.63, 3.8) is 0 Å². The molecule has 0 spiro atoms. The number of aliphatic hydroxyl groups is 2. The number of rotatable bonds is 5. The summed E-state index contributed by atoms with van der Waals surface area (Å²) < 4.78 is 19.4. The van der Waals surface area contributed by atoms with E-state index in [2.05, 4.69) is 16.8 Å². The number of pyridine rings is 1. The van der Waals surface area contributed by atoms with Crippen molar-refractivity contribution < 1.29 is 28.9 Å². The Morgan fingerprint density at radius 3 is 2.66 bits per heavy atom. The summed E-state index contributed by atoms with van der Waals surface area (Å²) in [7, 11) is 1.63. The zero-order valence-electron chi connectivity index (χ0n) is 20.2. The van der Waals surface area contributed by atoms with Crippen molar-refractivity contribution in [2.45, 2.75) is 39.0 Å². The highest BCUT2D eigenvalue weighted by Gasteiger charge is 2.34. The molecule has 0 fully saturated rings. The lowest BCUT2D eigenvalue weighted by molar-refractivity contribution is 0.0313. The Bertz CT molecular complexity index is 1130. The quantitative estimate of drug-likeness (QED) is 0.631. The summed E-state index contributed by atoms with van der Waals surface area (Å²) in [5, 5.41) is 19.2. The molecular formula is C26H30FN3O5. The molecule has 186 valence electrons. The normalized spacial score (nSPS) is 19.3. The SMILES string of the molecule is C[C@@H]1CN([C@H](C)CO)C(=O)c2cc(C#C[C@@H](C)O)cnc2O[C@H]1CN(C)C(=O)c1ccc(F)cc1. The van der Waals surface area contributed by atoms with Gasteiger partial charge in [0.25, 0.3) is 11.8 Å². The van der Waals surface area contributed by atoms with Gasteiger partial charge in [-0.15, -0.1) is 0 Å². The number of carbonyl (C=O) groups excluding carboxylic acids is 2. The summed E-state index contributed by atoms with van der Waals surface area (Å²) in [5.41, 5.74) is 0.969. The molecule has 1 aromatic heterocycles. The minimum atomic E-state index is -0.839. The number of fused-ring (bicyclic) bond motifs is 1. The first kappa shape index (κ1) is 26.1. The lowest BCUT2D eigenvalue weighted by Crippen LogP contribution is -2.50. The van der Waals surface area contributed by atoms with Gasteiger partial charge in [0, 0.05) is 36.8 Å². The summed E-state index contributed by atoms with van der Waals surface area (Å²) in [6.45, 7) is 5.43. The minimum Gasteiger partial charge on any atom is -0.472 e. The van der Waals surface area contributed by atoms with Crippen molar-refractivity contribution in [2.75, 3.05) is 26.7 Å². The lowest BCUT2D eigenvalue weighted by atomic mass is 9.99. The van der Waals surface area contributed by atoms with Gasteiger partial charge in [-0.3, -0.25) is 9.59 Å². The summed E-state index contributed by atoms with van der Waals surface area (Å²) in [6.07, 6.45) is 0.0960. The fourth-order valence-electron chi connectivity index (χ4n) is 3.74. The number of ether oxygens (including phenoxy) is 1. The smallest absolute Gasteiger partial charge is 0.259 e. The predicted octanol–water partition coefficient (Wildman–Crippen LogP) is 1.95. The zero-order valence-corrected chi connectivity index (χ0v) is 20.2. The van der Waals surface area contributed by atoms with E-state index in [1.54, 1.807) is 24.9 Å². The van der Waals surface area contributed by atoms with Crippen LogP contribution in [0.2, 0.25) is 0 Å². The average molecular weight is 484 g/mol. The van der Waals surface area contributed by atoms with Crippen LogP contribution in [-0.2, 0) is 0 Å². The largest absolute Gasteiger partial charge is 0.472 e. The monoisotopic (exact) mass is 483 g/mol. The second-order valence-corrected chi connectivity index (χ2v) is 8.84. The topological polar surface area (TPSA) is 103 Å². The molecule has 0 unspecified atom stereocenters. The standard InChI is InChI=1S/C26H30FN3O5/c1-16-13-30(17(2)15-31)26(34)22-11-19(6-5-18(3)32)12-28-24(22)35-23(16)14-29(4)25(33)20-7-9-21(27)10-8-20/h7-12,16-18,23,31-32H,13-15H2,1-4H3/t16-,17-,18-,23+/m1/s1. The van der Waals surface area contributed by atoms with Gasteiger partial charge < -0.3 is 24.7 Å². The van der Waals surface area contributed by atoms with Crippen LogP contribution in [0.1, 0.15) is 47.1 Å². The predicted molar refractivity (Wildman–Crippen MR) is 127 cm³/mol. The highest BCUT2D eigenvalue weighted by atomic mass is 19.1. The van der Waals surface area contributed by atoms with Crippen LogP contribution >= 0.6 is 0 Å². The number of hydrogen-bond donors (Lipinski definition) is 2. The molecule has 0 aliphatic carbocycles. The maximum absolute atomic E-state index is 13.4. The number of amides is 2. The summed E-state index contributed by atoms with van der Waals surface area (Å²) in [5.74, 6) is 4.23. The molecule has 0 bridgehead atoms. The van der Waals surface area contributed by atoms with Crippen LogP contribution in [-0.4, -0.2) is 81.8 Å². The molecule has 3 rings (SSSR count). The number of aromatic nitrogens is 1. The van der Waals surface area contributed by atoms with Crippen molar-refractivity contribution in [1.29, 1.82) is 0 Å². The van der Waals surface area contributed by atoms with E-state index in [1.807, 2.05) is 6.92 Å². The van der Waals surface area contributed by atoms with Crippen molar-refractivity contribution in [3.8, 4) is 17.7 Å². The van der Waals surface area contributed by atoms with E-state index in [9.17, 15) is 24.2 Å². The van der Waals surface area contributed by atoms with Crippen LogP contribution < -0.4 is 4.74 Å². The Balaban J connectivity index is 1.94. The van der Waals surface area contributed by atoms with Crippen LogP contribution in [0.25, 0.3) is 0 Å². The first-order valence-corrected chi connectivity index (χ1v) is 11.4. The van der Waals surface area contributed by atoms with Crippen molar-refractivity contribution in [2.24, 2.45) is 5.92 Å². The molecule has 1 aliphatic rings. The third-order valence-corrected chi connectivity index (χ3v) is 5.84. The van der Waals surface area contributed by atoms with Gasteiger partial charge in [-0.2, -0.15) is 0 Å². The van der Waals surface area contributed by atoms with Crippen LogP contribution in [0, 0.1) is 23.6 Å². The Morgan fingerprint density at radius 2 is 2.03 bits per heavy atom. The molecule has 0 saturated heterocycles. The fraction of sp³-hybridized carbons (Fsp3) is 0.423. The average Bonchev–Trinajstić information content (AvgIpc) is 2.84. The van der Waals surface area contributed by atoms with Crippen LogP contribution in [0.5, 0.6) is 5.88 Å². The Kier molecular flexibility index (Phi) is 8.43. The molecule has 0 saturated carbocycles. The number of aliphatic hydroxyl groups excluding tert-OH is 2. The summed E-state index contributed by atoms with van der Waals surface area (Å²) in [6, 6.07) is 6.40.